The monoisotopic (exact) mass is 262 g/mol. The summed E-state index contributed by atoms with van der Waals surface area (Å²) in [5.41, 5.74) is 2.09. The third-order valence-corrected chi connectivity index (χ3v) is 2.86. The minimum atomic E-state index is 0.484. The zero-order valence-electron chi connectivity index (χ0n) is 10.4. The normalized spacial score (nSPS) is 10.2. The van der Waals surface area contributed by atoms with Gasteiger partial charge >= 0.3 is 0 Å². The van der Waals surface area contributed by atoms with Crippen molar-refractivity contribution in [3.05, 3.63) is 52.7 Å². The number of pyridine rings is 1. The van der Waals surface area contributed by atoms with Gasteiger partial charge in [0.2, 0.25) is 0 Å². The van der Waals surface area contributed by atoms with Crippen LogP contribution in [0.3, 0.4) is 0 Å². The molecule has 0 bridgehead atoms. The number of aryl methyl sites for hydroxylation is 1. The standard InChI is InChI=1S/C14H15ClN2O/c1-10-3-5-12(15)7-13(10)18-9-11-4-6-14(16-2)17-8-11/h3-8H,9H2,1-2H3,(H,16,17). The largest absolute Gasteiger partial charge is 0.489 e. The minimum Gasteiger partial charge on any atom is -0.489 e. The van der Waals surface area contributed by atoms with Crippen LogP contribution < -0.4 is 10.1 Å². The zero-order valence-corrected chi connectivity index (χ0v) is 11.2. The van der Waals surface area contributed by atoms with Crippen molar-refractivity contribution in [3.8, 4) is 5.75 Å². The van der Waals surface area contributed by atoms with Crippen molar-refractivity contribution >= 4 is 17.4 Å². The average Bonchev–Trinajstić information content (AvgIpc) is 2.40. The van der Waals surface area contributed by atoms with E-state index in [2.05, 4.69) is 10.3 Å². The van der Waals surface area contributed by atoms with Crippen LogP contribution in [-0.2, 0) is 6.61 Å². The molecule has 18 heavy (non-hydrogen) atoms. The quantitative estimate of drug-likeness (QED) is 0.913. The van der Waals surface area contributed by atoms with Crippen LogP contribution in [0, 0.1) is 6.92 Å². The van der Waals surface area contributed by atoms with Crippen LogP contribution >= 0.6 is 11.6 Å². The van der Waals surface area contributed by atoms with Gasteiger partial charge in [0.05, 0.1) is 0 Å². The Bertz CT molecular complexity index is 526. The van der Waals surface area contributed by atoms with Crippen LogP contribution in [0.15, 0.2) is 36.5 Å². The second-order valence-electron chi connectivity index (χ2n) is 4.00. The summed E-state index contributed by atoms with van der Waals surface area (Å²) in [6.07, 6.45) is 1.80. The van der Waals surface area contributed by atoms with Gasteiger partial charge in [-0.1, -0.05) is 23.7 Å². The molecule has 0 unspecified atom stereocenters. The maximum absolute atomic E-state index is 5.94. The molecule has 0 aliphatic heterocycles. The molecule has 0 aliphatic rings. The molecule has 3 nitrogen and oxygen atoms in total. The summed E-state index contributed by atoms with van der Waals surface area (Å²) in [5, 5.41) is 3.66. The van der Waals surface area contributed by atoms with Gasteiger partial charge in [0.15, 0.2) is 0 Å². The molecule has 0 spiro atoms. The van der Waals surface area contributed by atoms with Gasteiger partial charge in [0, 0.05) is 23.8 Å². The predicted molar refractivity (Wildman–Crippen MR) is 74.3 cm³/mol. The van der Waals surface area contributed by atoms with Crippen molar-refractivity contribution in [2.24, 2.45) is 0 Å². The maximum Gasteiger partial charge on any atom is 0.125 e. The van der Waals surface area contributed by atoms with E-state index in [9.17, 15) is 0 Å². The number of benzene rings is 1. The van der Waals surface area contributed by atoms with E-state index in [1.807, 2.05) is 44.3 Å². The van der Waals surface area contributed by atoms with Crippen LogP contribution in [0.2, 0.25) is 5.02 Å². The molecule has 1 heterocycles. The van der Waals surface area contributed by atoms with E-state index in [1.165, 1.54) is 0 Å². The lowest BCUT2D eigenvalue weighted by Crippen LogP contribution is -1.99. The minimum absolute atomic E-state index is 0.484. The lowest BCUT2D eigenvalue weighted by molar-refractivity contribution is 0.303. The summed E-state index contributed by atoms with van der Waals surface area (Å²) in [5.74, 6) is 1.65. The molecule has 0 saturated heterocycles. The highest BCUT2D eigenvalue weighted by Gasteiger charge is 2.02. The highest BCUT2D eigenvalue weighted by Crippen LogP contribution is 2.23. The van der Waals surface area contributed by atoms with E-state index in [-0.39, 0.29) is 0 Å². The Morgan fingerprint density at radius 2 is 2.11 bits per heavy atom. The first-order chi connectivity index (χ1) is 8.69. The highest BCUT2D eigenvalue weighted by molar-refractivity contribution is 6.30. The molecule has 1 aromatic carbocycles. The van der Waals surface area contributed by atoms with Gasteiger partial charge < -0.3 is 10.1 Å². The van der Waals surface area contributed by atoms with Crippen molar-refractivity contribution in [1.29, 1.82) is 0 Å². The van der Waals surface area contributed by atoms with Crippen LogP contribution in [0.5, 0.6) is 5.75 Å². The van der Waals surface area contributed by atoms with Crippen LogP contribution in [0.4, 0.5) is 5.82 Å². The summed E-state index contributed by atoms with van der Waals surface area (Å²) >= 11 is 5.94. The van der Waals surface area contributed by atoms with E-state index in [1.54, 1.807) is 6.20 Å². The van der Waals surface area contributed by atoms with Crippen molar-refractivity contribution in [2.75, 3.05) is 12.4 Å². The van der Waals surface area contributed by atoms with Gasteiger partial charge in [-0.25, -0.2) is 4.98 Å². The third-order valence-electron chi connectivity index (χ3n) is 2.63. The van der Waals surface area contributed by atoms with E-state index in [0.717, 1.165) is 22.7 Å². The first-order valence-corrected chi connectivity index (χ1v) is 6.08. The summed E-state index contributed by atoms with van der Waals surface area (Å²) in [6.45, 7) is 2.48. The Kier molecular flexibility index (Phi) is 4.05. The molecular formula is C14H15ClN2O. The number of hydrogen-bond acceptors (Lipinski definition) is 3. The molecule has 94 valence electrons. The van der Waals surface area contributed by atoms with E-state index < -0.39 is 0 Å². The highest BCUT2D eigenvalue weighted by atomic mass is 35.5. The summed E-state index contributed by atoms with van der Waals surface area (Å²) in [7, 11) is 1.84. The van der Waals surface area contributed by atoms with Gasteiger partial charge in [-0.3, -0.25) is 0 Å². The van der Waals surface area contributed by atoms with Crippen molar-refractivity contribution in [3.63, 3.8) is 0 Å². The summed E-state index contributed by atoms with van der Waals surface area (Å²) < 4.78 is 5.73. The first kappa shape index (κ1) is 12.7. The fourth-order valence-corrected chi connectivity index (χ4v) is 1.71. The Morgan fingerprint density at radius 3 is 2.78 bits per heavy atom. The molecule has 0 aliphatic carbocycles. The summed E-state index contributed by atoms with van der Waals surface area (Å²) in [6, 6.07) is 9.53. The van der Waals surface area contributed by atoms with E-state index >= 15 is 0 Å². The van der Waals surface area contributed by atoms with Crippen LogP contribution in [0.25, 0.3) is 0 Å². The SMILES string of the molecule is CNc1ccc(COc2cc(Cl)ccc2C)cn1. The lowest BCUT2D eigenvalue weighted by atomic mass is 10.2. The Morgan fingerprint density at radius 1 is 1.28 bits per heavy atom. The predicted octanol–water partition coefficient (Wildman–Crippen LogP) is 3.66. The molecule has 2 aromatic rings. The molecule has 0 radical (unpaired) electrons. The lowest BCUT2D eigenvalue weighted by Gasteiger charge is -2.09. The van der Waals surface area contributed by atoms with Gasteiger partial charge in [0.1, 0.15) is 18.2 Å². The summed E-state index contributed by atoms with van der Waals surface area (Å²) in [4.78, 5) is 4.23. The van der Waals surface area contributed by atoms with Gasteiger partial charge in [-0.2, -0.15) is 0 Å². The molecule has 0 saturated carbocycles. The number of nitrogens with one attached hydrogen (secondary N) is 1. The van der Waals surface area contributed by atoms with Gasteiger partial charge in [-0.15, -0.1) is 0 Å². The van der Waals surface area contributed by atoms with Gasteiger partial charge in [-0.05, 0) is 30.7 Å². The molecule has 0 fully saturated rings. The number of halogens is 1. The molecular weight excluding hydrogens is 248 g/mol. The molecule has 1 N–H and O–H groups in total. The number of rotatable bonds is 4. The number of anilines is 1. The van der Waals surface area contributed by atoms with Crippen LogP contribution in [-0.4, -0.2) is 12.0 Å². The Labute approximate surface area is 112 Å². The van der Waals surface area contributed by atoms with Gasteiger partial charge in [0.25, 0.3) is 0 Å². The molecule has 0 atom stereocenters. The maximum atomic E-state index is 5.94. The topological polar surface area (TPSA) is 34.1 Å². The fourth-order valence-electron chi connectivity index (χ4n) is 1.55. The van der Waals surface area contributed by atoms with E-state index in [0.29, 0.717) is 11.6 Å². The molecule has 4 heteroatoms. The van der Waals surface area contributed by atoms with Crippen molar-refractivity contribution in [1.82, 2.24) is 4.98 Å². The smallest absolute Gasteiger partial charge is 0.125 e. The number of nitrogens with zero attached hydrogens (tertiary/aromatic N) is 1. The van der Waals surface area contributed by atoms with Crippen LogP contribution in [0.1, 0.15) is 11.1 Å². The van der Waals surface area contributed by atoms with E-state index in [4.69, 9.17) is 16.3 Å². The Balaban J connectivity index is 2.04. The number of ether oxygens (including phenoxy) is 1. The number of hydrogen-bond donors (Lipinski definition) is 1. The van der Waals surface area contributed by atoms with Crippen molar-refractivity contribution < 1.29 is 4.74 Å². The second kappa shape index (κ2) is 5.74. The average molecular weight is 263 g/mol. The molecule has 2 rings (SSSR count). The molecule has 0 amide bonds. The zero-order chi connectivity index (χ0) is 13.0. The second-order valence-corrected chi connectivity index (χ2v) is 4.44. The third kappa shape index (κ3) is 3.14. The van der Waals surface area contributed by atoms with Crippen molar-refractivity contribution in [2.45, 2.75) is 13.5 Å². The number of aromatic nitrogens is 1. The Hall–Kier alpha value is -1.74. The fraction of sp³-hybridized carbons (Fsp3) is 0.214. The molecule has 1 aromatic heterocycles. The first-order valence-electron chi connectivity index (χ1n) is 5.70.